The number of nitrogens with zero attached hydrogens (tertiary/aromatic N) is 1. The zero-order chi connectivity index (χ0) is 11.0. The Morgan fingerprint density at radius 3 is 2.80 bits per heavy atom. The standard InChI is InChI=1S/C8H9Cl2N3O2/c9-6(10)8(15)13-2-1-5-4(3-13)7(14)12-11-5/h6H,1-3H2,(H2,11,12,14). The van der Waals surface area contributed by atoms with Crippen LogP contribution in [0.1, 0.15) is 11.3 Å². The van der Waals surface area contributed by atoms with Crippen molar-refractivity contribution in [2.45, 2.75) is 17.8 Å². The molecule has 2 rings (SSSR count). The average molecular weight is 250 g/mol. The summed E-state index contributed by atoms with van der Waals surface area (Å²) < 4.78 is 0. The molecule has 0 aromatic carbocycles. The second kappa shape index (κ2) is 3.90. The third-order valence-electron chi connectivity index (χ3n) is 2.44. The Hall–Kier alpha value is -0.940. The van der Waals surface area contributed by atoms with E-state index in [4.69, 9.17) is 23.2 Å². The zero-order valence-corrected chi connectivity index (χ0v) is 9.23. The van der Waals surface area contributed by atoms with Crippen molar-refractivity contribution >= 4 is 29.1 Å². The van der Waals surface area contributed by atoms with Gasteiger partial charge in [0.1, 0.15) is 0 Å². The molecule has 0 saturated carbocycles. The fourth-order valence-corrected chi connectivity index (χ4v) is 1.92. The predicted octanol–water partition coefficient (Wildman–Crippen LogP) is 0.391. The number of halogens is 2. The normalized spacial score (nSPS) is 15.5. The molecule has 0 radical (unpaired) electrons. The minimum atomic E-state index is -1.07. The van der Waals surface area contributed by atoms with Crippen molar-refractivity contribution in [2.75, 3.05) is 6.54 Å². The van der Waals surface area contributed by atoms with Gasteiger partial charge in [-0.3, -0.25) is 14.7 Å². The van der Waals surface area contributed by atoms with Crippen LogP contribution in [-0.2, 0) is 17.8 Å². The number of nitrogens with one attached hydrogen (secondary N) is 2. The van der Waals surface area contributed by atoms with Gasteiger partial charge in [0.15, 0.2) is 4.84 Å². The van der Waals surface area contributed by atoms with E-state index in [1.165, 1.54) is 4.90 Å². The molecule has 0 spiro atoms. The van der Waals surface area contributed by atoms with Crippen molar-refractivity contribution in [3.8, 4) is 0 Å². The number of aromatic amines is 2. The molecule has 1 aromatic heterocycles. The second-order valence-electron chi connectivity index (χ2n) is 3.35. The maximum atomic E-state index is 11.5. The van der Waals surface area contributed by atoms with Gasteiger partial charge in [-0.2, -0.15) is 0 Å². The lowest BCUT2D eigenvalue weighted by Gasteiger charge is -2.26. The van der Waals surface area contributed by atoms with Gasteiger partial charge in [-0.15, -0.1) is 0 Å². The third kappa shape index (κ3) is 1.89. The predicted molar refractivity (Wildman–Crippen MR) is 56.0 cm³/mol. The molecule has 2 heterocycles. The Morgan fingerprint density at radius 1 is 1.40 bits per heavy atom. The zero-order valence-electron chi connectivity index (χ0n) is 7.72. The first-order chi connectivity index (χ1) is 7.09. The van der Waals surface area contributed by atoms with Crippen LogP contribution in [0.2, 0.25) is 0 Å². The number of amides is 1. The van der Waals surface area contributed by atoms with Gasteiger partial charge >= 0.3 is 0 Å². The first kappa shape index (κ1) is 10.6. The highest BCUT2D eigenvalue weighted by Gasteiger charge is 2.26. The number of aromatic nitrogens is 2. The minimum Gasteiger partial charge on any atom is -0.335 e. The summed E-state index contributed by atoms with van der Waals surface area (Å²) in [7, 11) is 0. The van der Waals surface area contributed by atoms with Gasteiger partial charge < -0.3 is 10.00 Å². The molecule has 0 bridgehead atoms. The number of carbonyl (C=O) groups excluding carboxylic acids is 1. The molecule has 1 amide bonds. The molecule has 5 nitrogen and oxygen atoms in total. The van der Waals surface area contributed by atoms with Gasteiger partial charge in [-0.05, 0) is 0 Å². The van der Waals surface area contributed by atoms with Crippen LogP contribution < -0.4 is 5.56 Å². The smallest absolute Gasteiger partial charge is 0.269 e. The van der Waals surface area contributed by atoms with Crippen LogP contribution in [0, 0.1) is 0 Å². The number of fused-ring (bicyclic) bond motifs is 1. The first-order valence-electron chi connectivity index (χ1n) is 4.45. The Balaban J connectivity index is 2.21. The summed E-state index contributed by atoms with van der Waals surface area (Å²) in [5.74, 6) is -0.357. The van der Waals surface area contributed by atoms with E-state index in [-0.39, 0.29) is 18.0 Å². The van der Waals surface area contributed by atoms with E-state index in [2.05, 4.69) is 10.2 Å². The van der Waals surface area contributed by atoms with E-state index in [1.807, 2.05) is 0 Å². The van der Waals surface area contributed by atoms with Crippen LogP contribution in [-0.4, -0.2) is 32.4 Å². The van der Waals surface area contributed by atoms with Gasteiger partial charge in [0.2, 0.25) is 0 Å². The number of H-pyrrole nitrogens is 2. The van der Waals surface area contributed by atoms with Gasteiger partial charge in [-0.1, -0.05) is 23.2 Å². The number of hydrogen-bond acceptors (Lipinski definition) is 2. The van der Waals surface area contributed by atoms with Gasteiger partial charge in [0.05, 0.1) is 12.1 Å². The summed E-state index contributed by atoms with van der Waals surface area (Å²) in [6.07, 6.45) is 0.611. The van der Waals surface area contributed by atoms with Crippen molar-refractivity contribution < 1.29 is 4.79 Å². The number of alkyl halides is 2. The summed E-state index contributed by atoms with van der Waals surface area (Å²) in [6, 6.07) is 0. The van der Waals surface area contributed by atoms with E-state index in [1.54, 1.807) is 0 Å². The molecule has 0 atom stereocenters. The lowest BCUT2D eigenvalue weighted by Crippen LogP contribution is -2.40. The fourth-order valence-electron chi connectivity index (χ4n) is 1.64. The van der Waals surface area contributed by atoms with E-state index in [0.717, 1.165) is 5.69 Å². The van der Waals surface area contributed by atoms with Gasteiger partial charge in [0.25, 0.3) is 11.5 Å². The molecule has 0 unspecified atom stereocenters. The fraction of sp³-hybridized carbons (Fsp3) is 0.500. The maximum Gasteiger partial charge on any atom is 0.269 e. The summed E-state index contributed by atoms with van der Waals surface area (Å²) in [4.78, 5) is 23.2. The van der Waals surface area contributed by atoms with E-state index >= 15 is 0 Å². The van der Waals surface area contributed by atoms with Crippen LogP contribution in [0.4, 0.5) is 0 Å². The van der Waals surface area contributed by atoms with Crippen molar-refractivity contribution in [1.82, 2.24) is 15.1 Å². The molecular weight excluding hydrogens is 241 g/mol. The first-order valence-corrected chi connectivity index (χ1v) is 5.32. The lowest BCUT2D eigenvalue weighted by atomic mass is 10.1. The molecule has 0 saturated heterocycles. The highest BCUT2D eigenvalue weighted by molar-refractivity contribution is 6.53. The van der Waals surface area contributed by atoms with Gasteiger partial charge in [-0.25, -0.2) is 0 Å². The highest BCUT2D eigenvalue weighted by atomic mass is 35.5. The summed E-state index contributed by atoms with van der Waals surface area (Å²) in [5, 5.41) is 5.26. The van der Waals surface area contributed by atoms with Crippen molar-refractivity contribution in [3.63, 3.8) is 0 Å². The average Bonchev–Trinajstić information content (AvgIpc) is 2.59. The lowest BCUT2D eigenvalue weighted by molar-refractivity contribution is -0.130. The molecule has 1 aliphatic heterocycles. The van der Waals surface area contributed by atoms with Crippen molar-refractivity contribution in [1.29, 1.82) is 0 Å². The largest absolute Gasteiger partial charge is 0.335 e. The molecule has 2 N–H and O–H groups in total. The molecule has 1 aromatic rings. The number of hydrogen-bond donors (Lipinski definition) is 2. The van der Waals surface area contributed by atoms with E-state index in [0.29, 0.717) is 18.5 Å². The summed E-state index contributed by atoms with van der Waals surface area (Å²) in [5.41, 5.74) is 1.25. The Bertz CT molecular complexity index is 437. The minimum absolute atomic E-state index is 0.191. The molecule has 1 aliphatic rings. The van der Waals surface area contributed by atoms with Crippen LogP contribution >= 0.6 is 23.2 Å². The molecular formula is C8H9Cl2N3O2. The van der Waals surface area contributed by atoms with Crippen LogP contribution in [0.15, 0.2) is 4.79 Å². The van der Waals surface area contributed by atoms with Crippen LogP contribution in [0.3, 0.4) is 0 Å². The third-order valence-corrected chi connectivity index (χ3v) is 2.82. The molecule has 7 heteroatoms. The number of carbonyl (C=O) groups is 1. The van der Waals surface area contributed by atoms with Crippen molar-refractivity contribution in [2.24, 2.45) is 0 Å². The topological polar surface area (TPSA) is 69.0 Å². The van der Waals surface area contributed by atoms with Crippen LogP contribution in [0.25, 0.3) is 0 Å². The molecule has 82 valence electrons. The van der Waals surface area contributed by atoms with E-state index < -0.39 is 4.84 Å². The van der Waals surface area contributed by atoms with Gasteiger partial charge in [0, 0.05) is 18.7 Å². The Labute approximate surface area is 95.3 Å². The summed E-state index contributed by atoms with van der Waals surface area (Å²) in [6.45, 7) is 0.790. The monoisotopic (exact) mass is 249 g/mol. The Kier molecular flexibility index (Phi) is 2.75. The molecule has 15 heavy (non-hydrogen) atoms. The number of rotatable bonds is 1. The quantitative estimate of drug-likeness (QED) is 0.708. The summed E-state index contributed by atoms with van der Waals surface area (Å²) >= 11 is 11.0. The Morgan fingerprint density at radius 2 is 2.13 bits per heavy atom. The van der Waals surface area contributed by atoms with Crippen molar-refractivity contribution in [3.05, 3.63) is 21.6 Å². The highest BCUT2D eigenvalue weighted by Crippen LogP contribution is 2.16. The molecule has 0 aliphatic carbocycles. The molecule has 0 fully saturated rings. The van der Waals surface area contributed by atoms with Crippen LogP contribution in [0.5, 0.6) is 0 Å². The maximum absolute atomic E-state index is 11.5. The second-order valence-corrected chi connectivity index (χ2v) is 4.44. The van der Waals surface area contributed by atoms with E-state index in [9.17, 15) is 9.59 Å². The SMILES string of the molecule is O=C(C(Cl)Cl)N1CCc2[nH][nH]c(=O)c2C1.